The SMILES string of the molecule is Clc1ccc(C2CC=C(C3=Cc4ccccc4CC3)CC2)cc1. The second-order valence-electron chi connectivity index (χ2n) is 6.62. The molecule has 2 aromatic carbocycles. The second-order valence-corrected chi connectivity index (χ2v) is 7.06. The van der Waals surface area contributed by atoms with Crippen molar-refractivity contribution >= 4 is 17.7 Å². The number of fused-ring (bicyclic) bond motifs is 1. The van der Waals surface area contributed by atoms with Gasteiger partial charge >= 0.3 is 0 Å². The van der Waals surface area contributed by atoms with Crippen molar-refractivity contribution in [1.29, 1.82) is 0 Å². The zero-order chi connectivity index (χ0) is 15.6. The molecule has 116 valence electrons. The van der Waals surface area contributed by atoms with Gasteiger partial charge in [0, 0.05) is 5.02 Å². The summed E-state index contributed by atoms with van der Waals surface area (Å²) in [5, 5.41) is 0.826. The first kappa shape index (κ1) is 14.8. The van der Waals surface area contributed by atoms with E-state index in [1.807, 2.05) is 12.1 Å². The summed E-state index contributed by atoms with van der Waals surface area (Å²) in [5.41, 5.74) is 7.46. The van der Waals surface area contributed by atoms with Crippen LogP contribution < -0.4 is 0 Å². The van der Waals surface area contributed by atoms with Gasteiger partial charge in [0.25, 0.3) is 0 Å². The molecule has 0 radical (unpaired) electrons. The highest BCUT2D eigenvalue weighted by Gasteiger charge is 2.20. The summed E-state index contributed by atoms with van der Waals surface area (Å²) in [6, 6.07) is 17.2. The molecule has 0 aromatic heterocycles. The molecule has 0 amide bonds. The largest absolute Gasteiger partial charge is 0.0843 e. The van der Waals surface area contributed by atoms with Crippen LogP contribution in [-0.2, 0) is 6.42 Å². The van der Waals surface area contributed by atoms with E-state index >= 15 is 0 Å². The molecule has 0 aliphatic heterocycles. The van der Waals surface area contributed by atoms with E-state index in [-0.39, 0.29) is 0 Å². The third kappa shape index (κ3) is 3.14. The molecule has 0 saturated carbocycles. The van der Waals surface area contributed by atoms with Crippen LogP contribution in [0.4, 0.5) is 0 Å². The molecule has 4 rings (SSSR count). The number of rotatable bonds is 2. The number of halogens is 1. The highest BCUT2D eigenvalue weighted by molar-refractivity contribution is 6.30. The topological polar surface area (TPSA) is 0 Å². The molecule has 0 nitrogen and oxygen atoms in total. The number of hydrogen-bond acceptors (Lipinski definition) is 0. The van der Waals surface area contributed by atoms with Crippen LogP contribution in [0.3, 0.4) is 0 Å². The van der Waals surface area contributed by atoms with Gasteiger partial charge in [-0.25, -0.2) is 0 Å². The lowest BCUT2D eigenvalue weighted by atomic mass is 9.79. The Morgan fingerprint density at radius 2 is 1.65 bits per heavy atom. The highest BCUT2D eigenvalue weighted by atomic mass is 35.5. The first-order valence-corrected chi connectivity index (χ1v) is 8.91. The summed E-state index contributed by atoms with van der Waals surface area (Å²) in [7, 11) is 0. The lowest BCUT2D eigenvalue weighted by molar-refractivity contribution is 0.599. The highest BCUT2D eigenvalue weighted by Crippen LogP contribution is 2.38. The average Bonchev–Trinajstić information content (AvgIpc) is 2.62. The van der Waals surface area contributed by atoms with Crippen LogP contribution in [0.1, 0.15) is 48.3 Å². The number of allylic oxidation sites excluding steroid dienone is 3. The molecule has 0 saturated heterocycles. The molecule has 0 bridgehead atoms. The fourth-order valence-electron chi connectivity index (χ4n) is 3.85. The van der Waals surface area contributed by atoms with Crippen LogP contribution >= 0.6 is 11.6 Å². The Kier molecular flexibility index (Phi) is 4.10. The average molecular weight is 321 g/mol. The van der Waals surface area contributed by atoms with Crippen LogP contribution in [0, 0.1) is 0 Å². The van der Waals surface area contributed by atoms with E-state index in [0.717, 1.165) is 11.4 Å². The van der Waals surface area contributed by atoms with Crippen LogP contribution in [0.25, 0.3) is 6.08 Å². The summed E-state index contributed by atoms with van der Waals surface area (Å²) >= 11 is 6.00. The van der Waals surface area contributed by atoms with Crippen molar-refractivity contribution in [2.24, 2.45) is 0 Å². The Morgan fingerprint density at radius 3 is 2.43 bits per heavy atom. The van der Waals surface area contributed by atoms with Gasteiger partial charge in [0.05, 0.1) is 0 Å². The summed E-state index contributed by atoms with van der Waals surface area (Å²) in [4.78, 5) is 0. The van der Waals surface area contributed by atoms with Crippen LogP contribution in [0.5, 0.6) is 0 Å². The quantitative estimate of drug-likeness (QED) is 0.587. The van der Waals surface area contributed by atoms with Crippen molar-refractivity contribution in [3.63, 3.8) is 0 Å². The van der Waals surface area contributed by atoms with E-state index in [2.05, 4.69) is 48.6 Å². The second kappa shape index (κ2) is 6.37. The summed E-state index contributed by atoms with van der Waals surface area (Å²) in [6.45, 7) is 0. The Labute approximate surface area is 143 Å². The minimum absolute atomic E-state index is 0.646. The minimum Gasteiger partial charge on any atom is -0.0843 e. The third-order valence-electron chi connectivity index (χ3n) is 5.21. The van der Waals surface area contributed by atoms with Crippen molar-refractivity contribution in [3.05, 3.63) is 87.5 Å². The zero-order valence-electron chi connectivity index (χ0n) is 13.3. The van der Waals surface area contributed by atoms with Gasteiger partial charge in [0.15, 0.2) is 0 Å². The molecule has 0 spiro atoms. The normalized spacial score (nSPS) is 20.5. The van der Waals surface area contributed by atoms with Crippen LogP contribution in [0.2, 0.25) is 5.02 Å². The molecule has 0 heterocycles. The zero-order valence-corrected chi connectivity index (χ0v) is 14.0. The lowest BCUT2D eigenvalue weighted by Gasteiger charge is -2.26. The molecule has 2 aliphatic rings. The molecule has 1 atom stereocenters. The Balaban J connectivity index is 1.52. The standard InChI is InChI=1S/C22H21Cl/c23-22-13-11-18(12-14-22)17-5-7-19(8-6-17)21-10-9-16-3-1-2-4-20(16)15-21/h1-4,7,11-15,17H,5-6,8-10H2. The predicted molar refractivity (Wildman–Crippen MR) is 98.9 cm³/mol. The van der Waals surface area contributed by atoms with Crippen molar-refractivity contribution in [3.8, 4) is 0 Å². The predicted octanol–water partition coefficient (Wildman–Crippen LogP) is 6.56. The van der Waals surface area contributed by atoms with Gasteiger partial charge in [-0.05, 0) is 78.0 Å². The molecule has 1 unspecified atom stereocenters. The van der Waals surface area contributed by atoms with Gasteiger partial charge in [-0.2, -0.15) is 0 Å². The van der Waals surface area contributed by atoms with Crippen molar-refractivity contribution in [2.75, 3.05) is 0 Å². The summed E-state index contributed by atoms with van der Waals surface area (Å²) in [6.07, 6.45) is 10.8. The van der Waals surface area contributed by atoms with E-state index in [1.54, 1.807) is 11.1 Å². The van der Waals surface area contributed by atoms with Gasteiger partial charge in [0.1, 0.15) is 0 Å². The van der Waals surface area contributed by atoms with Gasteiger partial charge in [0.2, 0.25) is 0 Å². The smallest absolute Gasteiger partial charge is 0.0406 e. The van der Waals surface area contributed by atoms with Gasteiger partial charge in [-0.1, -0.05) is 60.2 Å². The minimum atomic E-state index is 0.646. The Hall–Kier alpha value is -1.79. The van der Waals surface area contributed by atoms with E-state index in [0.29, 0.717) is 5.92 Å². The number of aryl methyl sites for hydroxylation is 1. The number of benzene rings is 2. The molecular weight excluding hydrogens is 300 g/mol. The first-order chi connectivity index (χ1) is 11.3. The van der Waals surface area contributed by atoms with E-state index in [1.165, 1.54) is 42.4 Å². The van der Waals surface area contributed by atoms with Crippen LogP contribution in [-0.4, -0.2) is 0 Å². The van der Waals surface area contributed by atoms with Crippen molar-refractivity contribution in [2.45, 2.75) is 38.0 Å². The van der Waals surface area contributed by atoms with E-state index in [4.69, 9.17) is 11.6 Å². The first-order valence-electron chi connectivity index (χ1n) is 8.53. The maximum Gasteiger partial charge on any atom is 0.0406 e. The van der Waals surface area contributed by atoms with E-state index < -0.39 is 0 Å². The molecule has 2 aliphatic carbocycles. The molecule has 0 N–H and O–H groups in total. The molecule has 1 heteroatoms. The number of hydrogen-bond donors (Lipinski definition) is 0. The third-order valence-corrected chi connectivity index (χ3v) is 5.47. The fraction of sp³-hybridized carbons (Fsp3) is 0.273. The monoisotopic (exact) mass is 320 g/mol. The molecule has 2 aromatic rings. The van der Waals surface area contributed by atoms with Crippen molar-refractivity contribution < 1.29 is 0 Å². The van der Waals surface area contributed by atoms with Crippen molar-refractivity contribution in [1.82, 2.24) is 0 Å². The molecule has 23 heavy (non-hydrogen) atoms. The fourth-order valence-corrected chi connectivity index (χ4v) is 3.97. The summed E-state index contributed by atoms with van der Waals surface area (Å²) < 4.78 is 0. The molecular formula is C22H21Cl. The van der Waals surface area contributed by atoms with Gasteiger partial charge < -0.3 is 0 Å². The summed E-state index contributed by atoms with van der Waals surface area (Å²) in [5.74, 6) is 0.646. The maximum atomic E-state index is 6.00. The van der Waals surface area contributed by atoms with Gasteiger partial charge in [-0.15, -0.1) is 0 Å². The van der Waals surface area contributed by atoms with E-state index in [9.17, 15) is 0 Å². The Morgan fingerprint density at radius 1 is 0.826 bits per heavy atom. The van der Waals surface area contributed by atoms with Crippen LogP contribution in [0.15, 0.2) is 65.8 Å². The lowest BCUT2D eigenvalue weighted by Crippen LogP contribution is -2.08. The molecule has 0 fully saturated rings. The maximum absolute atomic E-state index is 6.00. The Bertz CT molecular complexity index is 765. The van der Waals surface area contributed by atoms with Gasteiger partial charge in [-0.3, -0.25) is 0 Å².